The predicted octanol–water partition coefficient (Wildman–Crippen LogP) is 2.70. The van der Waals surface area contributed by atoms with Crippen LogP contribution in [-0.4, -0.2) is 31.4 Å². The van der Waals surface area contributed by atoms with Crippen molar-refractivity contribution in [2.24, 2.45) is 0 Å². The van der Waals surface area contributed by atoms with Crippen LogP contribution in [0.5, 0.6) is 5.75 Å². The van der Waals surface area contributed by atoms with Crippen LogP contribution < -0.4 is 10.1 Å². The van der Waals surface area contributed by atoms with E-state index in [9.17, 15) is 4.79 Å². The van der Waals surface area contributed by atoms with E-state index in [-0.39, 0.29) is 0 Å². The maximum atomic E-state index is 11.0. The van der Waals surface area contributed by atoms with Crippen LogP contribution in [0.4, 0.5) is 0 Å². The number of carboxylic acid groups (broad SMARTS) is 1. The molecule has 23 heavy (non-hydrogen) atoms. The van der Waals surface area contributed by atoms with E-state index < -0.39 is 5.97 Å². The highest BCUT2D eigenvalue weighted by Gasteiger charge is 2.03. The van der Waals surface area contributed by atoms with E-state index in [1.807, 2.05) is 30.3 Å². The summed E-state index contributed by atoms with van der Waals surface area (Å²) in [7, 11) is 1.64. The second-order valence-corrected chi connectivity index (χ2v) is 5.10. The summed E-state index contributed by atoms with van der Waals surface area (Å²) in [6, 6.07) is 14.8. The molecule has 0 unspecified atom stereocenters. The summed E-state index contributed by atoms with van der Waals surface area (Å²) in [5, 5.41) is 12.3. The zero-order valence-electron chi connectivity index (χ0n) is 13.1. The third-order valence-electron chi connectivity index (χ3n) is 3.29. The molecule has 0 spiro atoms. The van der Waals surface area contributed by atoms with Crippen LogP contribution in [0.15, 0.2) is 48.5 Å². The molecule has 0 amide bonds. The van der Waals surface area contributed by atoms with Gasteiger partial charge in [-0.2, -0.15) is 0 Å². The fourth-order valence-corrected chi connectivity index (χ4v) is 2.15. The molecule has 2 rings (SSSR count). The van der Waals surface area contributed by atoms with Gasteiger partial charge < -0.3 is 19.9 Å². The van der Waals surface area contributed by atoms with Crippen molar-refractivity contribution in [1.82, 2.24) is 5.32 Å². The molecule has 0 saturated carbocycles. The second-order valence-electron chi connectivity index (χ2n) is 5.10. The molecule has 0 fully saturated rings. The second kappa shape index (κ2) is 8.92. The Kier molecular flexibility index (Phi) is 6.59. The average molecular weight is 315 g/mol. The molecule has 0 aliphatic rings. The standard InChI is InChI=1S/C18H21NO4/c1-22-8-9-23-17-7-3-5-15(11-17)13-19-12-14-4-2-6-16(10-14)18(20)21/h2-7,10-11,19H,8-9,12-13H2,1H3,(H,20,21). The highest BCUT2D eigenvalue weighted by atomic mass is 16.5. The highest BCUT2D eigenvalue weighted by Crippen LogP contribution is 2.13. The fraction of sp³-hybridized carbons (Fsp3) is 0.278. The summed E-state index contributed by atoms with van der Waals surface area (Å²) in [5.74, 6) is -0.0954. The quantitative estimate of drug-likeness (QED) is 0.696. The number of rotatable bonds is 9. The van der Waals surface area contributed by atoms with E-state index in [1.54, 1.807) is 25.3 Å². The van der Waals surface area contributed by atoms with Gasteiger partial charge in [0.1, 0.15) is 12.4 Å². The van der Waals surface area contributed by atoms with Crippen LogP contribution in [0.2, 0.25) is 0 Å². The molecule has 122 valence electrons. The van der Waals surface area contributed by atoms with Gasteiger partial charge in [0.15, 0.2) is 0 Å². The molecule has 0 aromatic heterocycles. The molecule has 0 saturated heterocycles. The van der Waals surface area contributed by atoms with Gasteiger partial charge in [0.05, 0.1) is 12.2 Å². The molecule has 0 heterocycles. The number of ether oxygens (including phenoxy) is 2. The first-order chi connectivity index (χ1) is 11.2. The number of hydrogen-bond acceptors (Lipinski definition) is 4. The van der Waals surface area contributed by atoms with Crippen LogP contribution in [0, 0.1) is 0 Å². The largest absolute Gasteiger partial charge is 0.491 e. The van der Waals surface area contributed by atoms with Crippen LogP contribution in [-0.2, 0) is 17.8 Å². The smallest absolute Gasteiger partial charge is 0.335 e. The highest BCUT2D eigenvalue weighted by molar-refractivity contribution is 5.87. The van der Waals surface area contributed by atoms with E-state index in [4.69, 9.17) is 14.6 Å². The fourth-order valence-electron chi connectivity index (χ4n) is 2.15. The Morgan fingerprint density at radius 2 is 1.74 bits per heavy atom. The number of carboxylic acids is 1. The molecular weight excluding hydrogens is 294 g/mol. The summed E-state index contributed by atoms with van der Waals surface area (Å²) in [6.07, 6.45) is 0. The van der Waals surface area contributed by atoms with Crippen molar-refractivity contribution in [3.8, 4) is 5.75 Å². The molecular formula is C18H21NO4. The molecule has 0 aliphatic carbocycles. The summed E-state index contributed by atoms with van der Waals surface area (Å²) in [5.41, 5.74) is 2.35. The lowest BCUT2D eigenvalue weighted by Gasteiger charge is -2.09. The minimum Gasteiger partial charge on any atom is -0.491 e. The Morgan fingerprint density at radius 1 is 1.04 bits per heavy atom. The number of hydrogen-bond donors (Lipinski definition) is 2. The lowest BCUT2D eigenvalue weighted by Crippen LogP contribution is -2.13. The van der Waals surface area contributed by atoms with E-state index >= 15 is 0 Å². The zero-order valence-corrected chi connectivity index (χ0v) is 13.1. The Bertz CT molecular complexity index is 642. The SMILES string of the molecule is COCCOc1cccc(CNCc2cccc(C(=O)O)c2)c1. The van der Waals surface area contributed by atoms with E-state index in [0.717, 1.165) is 16.9 Å². The van der Waals surface area contributed by atoms with Crippen molar-refractivity contribution in [3.05, 3.63) is 65.2 Å². The van der Waals surface area contributed by atoms with Gasteiger partial charge >= 0.3 is 5.97 Å². The predicted molar refractivity (Wildman–Crippen MR) is 87.8 cm³/mol. The van der Waals surface area contributed by atoms with Crippen LogP contribution in [0.25, 0.3) is 0 Å². The van der Waals surface area contributed by atoms with Gasteiger partial charge in [-0.15, -0.1) is 0 Å². The Labute approximate surface area is 135 Å². The lowest BCUT2D eigenvalue weighted by molar-refractivity contribution is 0.0696. The Morgan fingerprint density at radius 3 is 2.43 bits per heavy atom. The van der Waals surface area contributed by atoms with Crippen LogP contribution in [0.1, 0.15) is 21.5 Å². The summed E-state index contributed by atoms with van der Waals surface area (Å²) >= 11 is 0. The molecule has 2 aromatic carbocycles. The van der Waals surface area contributed by atoms with Gasteiger partial charge in [-0.25, -0.2) is 4.79 Å². The summed E-state index contributed by atoms with van der Waals surface area (Å²) in [4.78, 5) is 11.0. The minimum atomic E-state index is -0.909. The van der Waals surface area contributed by atoms with Crippen molar-refractivity contribution in [2.45, 2.75) is 13.1 Å². The molecule has 0 aliphatic heterocycles. The molecule has 0 bridgehead atoms. The minimum absolute atomic E-state index is 0.304. The van der Waals surface area contributed by atoms with Crippen molar-refractivity contribution in [2.75, 3.05) is 20.3 Å². The van der Waals surface area contributed by atoms with Gasteiger partial charge in [0.2, 0.25) is 0 Å². The molecule has 2 aromatic rings. The zero-order chi connectivity index (χ0) is 16.5. The maximum Gasteiger partial charge on any atom is 0.335 e. The number of aromatic carboxylic acids is 1. The third-order valence-corrected chi connectivity index (χ3v) is 3.29. The Hall–Kier alpha value is -2.37. The van der Waals surface area contributed by atoms with Crippen molar-refractivity contribution >= 4 is 5.97 Å². The maximum absolute atomic E-state index is 11.0. The Balaban J connectivity index is 1.85. The number of nitrogens with one attached hydrogen (secondary N) is 1. The monoisotopic (exact) mass is 315 g/mol. The lowest BCUT2D eigenvalue weighted by atomic mass is 10.1. The van der Waals surface area contributed by atoms with Gasteiger partial charge in [-0.1, -0.05) is 24.3 Å². The third kappa shape index (κ3) is 5.73. The van der Waals surface area contributed by atoms with Gasteiger partial charge in [-0.05, 0) is 35.4 Å². The van der Waals surface area contributed by atoms with Gasteiger partial charge in [0, 0.05) is 20.2 Å². The first kappa shape index (κ1) is 17.0. The van der Waals surface area contributed by atoms with E-state index in [0.29, 0.717) is 31.9 Å². The number of methoxy groups -OCH3 is 1. The van der Waals surface area contributed by atoms with E-state index in [2.05, 4.69) is 5.32 Å². The number of carbonyl (C=O) groups is 1. The first-order valence-electron chi connectivity index (χ1n) is 7.42. The van der Waals surface area contributed by atoms with Crippen molar-refractivity contribution < 1.29 is 19.4 Å². The summed E-state index contributed by atoms with van der Waals surface area (Å²) in [6.45, 7) is 2.37. The number of benzene rings is 2. The molecule has 0 atom stereocenters. The van der Waals surface area contributed by atoms with Crippen LogP contribution in [0.3, 0.4) is 0 Å². The van der Waals surface area contributed by atoms with Crippen LogP contribution >= 0.6 is 0 Å². The molecule has 5 heteroatoms. The normalized spacial score (nSPS) is 10.5. The molecule has 5 nitrogen and oxygen atoms in total. The van der Waals surface area contributed by atoms with Crippen molar-refractivity contribution in [3.63, 3.8) is 0 Å². The van der Waals surface area contributed by atoms with Gasteiger partial charge in [0.25, 0.3) is 0 Å². The molecule has 2 N–H and O–H groups in total. The molecule has 0 radical (unpaired) electrons. The topological polar surface area (TPSA) is 67.8 Å². The first-order valence-corrected chi connectivity index (χ1v) is 7.42. The summed E-state index contributed by atoms with van der Waals surface area (Å²) < 4.78 is 10.5. The van der Waals surface area contributed by atoms with E-state index in [1.165, 1.54) is 0 Å². The van der Waals surface area contributed by atoms with Gasteiger partial charge in [-0.3, -0.25) is 0 Å². The average Bonchev–Trinajstić information content (AvgIpc) is 2.56. The van der Waals surface area contributed by atoms with Crippen molar-refractivity contribution in [1.29, 1.82) is 0 Å².